The number of aliphatic hydroxyl groups excluding tert-OH is 1. The van der Waals surface area contributed by atoms with Crippen molar-refractivity contribution in [3.8, 4) is 5.75 Å². The Labute approximate surface area is 231 Å². The number of ketones is 1. The van der Waals surface area contributed by atoms with Gasteiger partial charge in [0.05, 0.1) is 11.6 Å². The van der Waals surface area contributed by atoms with Crippen LogP contribution < -0.4 is 4.74 Å². The second kappa shape index (κ2) is 11.5. The number of likely N-dealkylation sites (N-methyl/N-ethyl adjacent to an activating group) is 1. The van der Waals surface area contributed by atoms with Gasteiger partial charge >= 0.3 is 0 Å². The minimum atomic E-state index is -0.670. The first-order valence-corrected chi connectivity index (χ1v) is 13.3. The molecule has 3 aromatic rings. The molecule has 3 aromatic carbocycles. The minimum Gasteiger partial charge on any atom is -0.507 e. The lowest BCUT2D eigenvalue weighted by atomic mass is 9.85. The molecule has 1 aliphatic heterocycles. The molecule has 1 amide bonds. The number of Topliss-reactive ketones (excluding diaryl/α,β-unsaturated/α-hetero) is 1. The van der Waals surface area contributed by atoms with Gasteiger partial charge in [-0.1, -0.05) is 69.3 Å². The molecule has 39 heavy (non-hydrogen) atoms. The Morgan fingerprint density at radius 2 is 1.59 bits per heavy atom. The van der Waals surface area contributed by atoms with Gasteiger partial charge < -0.3 is 19.6 Å². The van der Waals surface area contributed by atoms with E-state index in [9.17, 15) is 14.7 Å². The molecule has 1 heterocycles. The monoisotopic (exact) mass is 526 g/mol. The standard InChI is InChI=1S/C33H38N2O4/c1-22-9-7-8-10-25(22)21-39-27-17-13-24(14-18-27)30(36)28-29(23-11-15-26(16-12-23)33(2,3)4)35(20-19-34(5)6)32(38)31(28)37/h7-18,29,36H,19-21H2,1-6H3/b30-28+. The van der Waals surface area contributed by atoms with Crippen LogP contribution in [0.1, 0.15) is 54.6 Å². The van der Waals surface area contributed by atoms with Crippen molar-refractivity contribution in [3.05, 3.63) is 106 Å². The van der Waals surface area contributed by atoms with E-state index in [1.54, 1.807) is 29.2 Å². The molecule has 1 atom stereocenters. The van der Waals surface area contributed by atoms with Crippen LogP contribution in [0.25, 0.3) is 5.76 Å². The van der Waals surface area contributed by atoms with Crippen LogP contribution in [0.15, 0.2) is 78.4 Å². The van der Waals surface area contributed by atoms with E-state index in [2.05, 4.69) is 20.8 Å². The van der Waals surface area contributed by atoms with Crippen molar-refractivity contribution in [2.45, 2.75) is 45.8 Å². The molecule has 1 aliphatic rings. The van der Waals surface area contributed by atoms with Crippen LogP contribution in [0.4, 0.5) is 0 Å². The predicted molar refractivity (Wildman–Crippen MR) is 155 cm³/mol. The number of hydrogen-bond donors (Lipinski definition) is 1. The van der Waals surface area contributed by atoms with E-state index in [4.69, 9.17) is 4.74 Å². The summed E-state index contributed by atoms with van der Waals surface area (Å²) in [5.74, 6) is -0.802. The molecule has 204 valence electrons. The Hall–Kier alpha value is -3.90. The van der Waals surface area contributed by atoms with E-state index in [0.29, 0.717) is 31.0 Å². The highest BCUT2D eigenvalue weighted by atomic mass is 16.5. The summed E-state index contributed by atoms with van der Waals surface area (Å²) < 4.78 is 5.94. The molecule has 0 aromatic heterocycles. The molecule has 0 spiro atoms. The molecular formula is C33H38N2O4. The van der Waals surface area contributed by atoms with Gasteiger partial charge in [0.1, 0.15) is 18.1 Å². The van der Waals surface area contributed by atoms with E-state index in [0.717, 1.165) is 22.3 Å². The summed E-state index contributed by atoms with van der Waals surface area (Å²) in [5.41, 5.74) is 4.73. The van der Waals surface area contributed by atoms with Crippen LogP contribution in [-0.2, 0) is 21.6 Å². The zero-order valence-corrected chi connectivity index (χ0v) is 23.7. The first-order valence-electron chi connectivity index (χ1n) is 13.3. The van der Waals surface area contributed by atoms with Crippen LogP contribution >= 0.6 is 0 Å². The van der Waals surface area contributed by atoms with Crippen molar-refractivity contribution in [3.63, 3.8) is 0 Å². The number of ether oxygens (including phenoxy) is 1. The van der Waals surface area contributed by atoms with Crippen molar-refractivity contribution in [1.29, 1.82) is 0 Å². The summed E-state index contributed by atoms with van der Waals surface area (Å²) in [7, 11) is 3.85. The number of hydrogen-bond acceptors (Lipinski definition) is 5. The number of amides is 1. The van der Waals surface area contributed by atoms with Crippen molar-refractivity contribution in [2.75, 3.05) is 27.2 Å². The molecule has 6 nitrogen and oxygen atoms in total. The lowest BCUT2D eigenvalue weighted by Gasteiger charge is -2.27. The van der Waals surface area contributed by atoms with Crippen LogP contribution in [0, 0.1) is 6.92 Å². The van der Waals surface area contributed by atoms with Crippen LogP contribution in [-0.4, -0.2) is 53.8 Å². The summed E-state index contributed by atoms with van der Waals surface area (Å²) in [6.45, 7) is 9.85. The lowest BCUT2D eigenvalue weighted by Crippen LogP contribution is -2.35. The first kappa shape index (κ1) is 28.1. The molecule has 1 saturated heterocycles. The van der Waals surface area contributed by atoms with Gasteiger partial charge in [0.2, 0.25) is 0 Å². The van der Waals surface area contributed by atoms with Gasteiger partial charge in [-0.3, -0.25) is 9.59 Å². The van der Waals surface area contributed by atoms with Crippen molar-refractivity contribution >= 4 is 17.4 Å². The molecule has 0 aliphatic carbocycles. The minimum absolute atomic E-state index is 0.0334. The Morgan fingerprint density at radius 1 is 0.949 bits per heavy atom. The molecule has 6 heteroatoms. The summed E-state index contributed by atoms with van der Waals surface area (Å²) >= 11 is 0. The van der Waals surface area contributed by atoms with Gasteiger partial charge in [-0.05, 0) is 73.0 Å². The van der Waals surface area contributed by atoms with Gasteiger partial charge in [0, 0.05) is 18.7 Å². The van der Waals surface area contributed by atoms with Crippen LogP contribution in [0.3, 0.4) is 0 Å². The zero-order valence-electron chi connectivity index (χ0n) is 23.7. The largest absolute Gasteiger partial charge is 0.507 e. The fraction of sp³-hybridized carbons (Fsp3) is 0.333. The third kappa shape index (κ3) is 6.23. The topological polar surface area (TPSA) is 70.1 Å². The Balaban J connectivity index is 1.67. The second-order valence-electron chi connectivity index (χ2n) is 11.4. The van der Waals surface area contributed by atoms with E-state index in [-0.39, 0.29) is 16.7 Å². The SMILES string of the molecule is Cc1ccccc1COc1ccc(/C(O)=C2\C(=O)C(=O)N(CCN(C)C)C2c2ccc(C(C)(C)C)cc2)cc1. The maximum absolute atomic E-state index is 13.3. The number of aryl methyl sites for hydroxylation is 1. The van der Waals surface area contributed by atoms with Gasteiger partial charge in [-0.2, -0.15) is 0 Å². The number of aliphatic hydroxyl groups is 1. The van der Waals surface area contributed by atoms with E-state index >= 15 is 0 Å². The number of carbonyl (C=O) groups excluding carboxylic acids is 2. The average Bonchev–Trinajstić information content (AvgIpc) is 3.16. The molecule has 0 bridgehead atoms. The highest BCUT2D eigenvalue weighted by molar-refractivity contribution is 6.46. The van der Waals surface area contributed by atoms with Crippen molar-refractivity contribution < 1.29 is 19.4 Å². The fourth-order valence-electron chi connectivity index (χ4n) is 4.73. The molecule has 4 rings (SSSR count). The average molecular weight is 527 g/mol. The Kier molecular flexibility index (Phi) is 8.26. The highest BCUT2D eigenvalue weighted by Crippen LogP contribution is 2.40. The number of nitrogens with zero attached hydrogens (tertiary/aromatic N) is 2. The molecule has 1 fully saturated rings. The van der Waals surface area contributed by atoms with E-state index < -0.39 is 17.7 Å². The van der Waals surface area contributed by atoms with Gasteiger partial charge in [0.15, 0.2) is 0 Å². The fourth-order valence-corrected chi connectivity index (χ4v) is 4.73. The van der Waals surface area contributed by atoms with E-state index in [1.165, 1.54) is 0 Å². The first-order chi connectivity index (χ1) is 18.5. The summed E-state index contributed by atoms with van der Waals surface area (Å²) in [4.78, 5) is 30.0. The molecule has 1 N–H and O–H groups in total. The number of carbonyl (C=O) groups is 2. The molecule has 0 radical (unpaired) electrons. The number of likely N-dealkylation sites (tertiary alicyclic amines) is 1. The molecular weight excluding hydrogens is 488 g/mol. The summed E-state index contributed by atoms with van der Waals surface area (Å²) in [5, 5.41) is 11.4. The summed E-state index contributed by atoms with van der Waals surface area (Å²) in [6, 6.07) is 22.3. The zero-order chi connectivity index (χ0) is 28.3. The van der Waals surface area contributed by atoms with Crippen LogP contribution in [0.2, 0.25) is 0 Å². The third-order valence-electron chi connectivity index (χ3n) is 7.20. The van der Waals surface area contributed by atoms with E-state index in [1.807, 2.05) is 74.4 Å². The number of benzene rings is 3. The molecule has 0 saturated carbocycles. The quantitative estimate of drug-likeness (QED) is 0.226. The predicted octanol–water partition coefficient (Wildman–Crippen LogP) is 5.85. The third-order valence-corrected chi connectivity index (χ3v) is 7.20. The Morgan fingerprint density at radius 3 is 2.18 bits per heavy atom. The van der Waals surface area contributed by atoms with Crippen molar-refractivity contribution in [2.24, 2.45) is 0 Å². The highest BCUT2D eigenvalue weighted by Gasteiger charge is 2.45. The van der Waals surface area contributed by atoms with Crippen molar-refractivity contribution in [1.82, 2.24) is 9.80 Å². The van der Waals surface area contributed by atoms with Gasteiger partial charge in [0.25, 0.3) is 11.7 Å². The smallest absolute Gasteiger partial charge is 0.295 e. The maximum Gasteiger partial charge on any atom is 0.295 e. The number of rotatable bonds is 8. The lowest BCUT2D eigenvalue weighted by molar-refractivity contribution is -0.140. The second-order valence-corrected chi connectivity index (χ2v) is 11.4. The van der Waals surface area contributed by atoms with Gasteiger partial charge in [-0.25, -0.2) is 0 Å². The Bertz CT molecular complexity index is 1370. The van der Waals surface area contributed by atoms with Crippen LogP contribution in [0.5, 0.6) is 5.75 Å². The summed E-state index contributed by atoms with van der Waals surface area (Å²) in [6.07, 6.45) is 0. The van der Waals surface area contributed by atoms with Gasteiger partial charge in [-0.15, -0.1) is 0 Å². The maximum atomic E-state index is 13.3. The normalized spacial score (nSPS) is 17.2. The molecule has 1 unspecified atom stereocenters.